The molecule has 0 spiro atoms. The molecule has 3 rings (SSSR count). The minimum Gasteiger partial charge on any atom is -0.348 e. The number of rotatable bonds is 3. The second-order valence-electron chi connectivity index (χ2n) is 5.76. The van der Waals surface area contributed by atoms with E-state index in [4.69, 9.17) is 0 Å². The van der Waals surface area contributed by atoms with Gasteiger partial charge in [-0.3, -0.25) is 9.59 Å². The molecular formula is C18H14F3NO2S. The van der Waals surface area contributed by atoms with Gasteiger partial charge >= 0.3 is 0 Å². The summed E-state index contributed by atoms with van der Waals surface area (Å²) in [5.74, 6) is -3.57. The molecule has 0 radical (unpaired) electrons. The third-order valence-corrected chi connectivity index (χ3v) is 5.24. The molecule has 0 aromatic heterocycles. The Morgan fingerprint density at radius 2 is 1.88 bits per heavy atom. The normalized spacial score (nSPS) is 16.5. The Kier molecular flexibility index (Phi) is 4.85. The number of ketones is 1. The number of Topliss-reactive ketones (excluding diaryl/α,β-unsaturated/α-hetero) is 1. The summed E-state index contributed by atoms with van der Waals surface area (Å²) in [6, 6.07) is 6.09. The van der Waals surface area contributed by atoms with Crippen LogP contribution >= 0.6 is 11.8 Å². The molecule has 1 heterocycles. The van der Waals surface area contributed by atoms with Crippen LogP contribution in [0.15, 0.2) is 35.2 Å². The third-order valence-electron chi connectivity index (χ3n) is 3.98. The molecule has 1 unspecified atom stereocenters. The lowest BCUT2D eigenvalue weighted by Gasteiger charge is -2.20. The first-order chi connectivity index (χ1) is 11.8. The van der Waals surface area contributed by atoms with Crippen LogP contribution in [0.5, 0.6) is 0 Å². The van der Waals surface area contributed by atoms with E-state index in [0.717, 1.165) is 10.5 Å². The minimum absolute atomic E-state index is 0.0884. The van der Waals surface area contributed by atoms with Gasteiger partial charge in [0, 0.05) is 41.1 Å². The van der Waals surface area contributed by atoms with Gasteiger partial charge in [-0.1, -0.05) is 0 Å². The molecule has 1 atom stereocenters. The van der Waals surface area contributed by atoms with Crippen molar-refractivity contribution in [2.24, 2.45) is 0 Å². The van der Waals surface area contributed by atoms with Crippen molar-refractivity contribution in [2.45, 2.75) is 30.0 Å². The van der Waals surface area contributed by atoms with Crippen molar-refractivity contribution < 1.29 is 22.8 Å². The minimum atomic E-state index is -1.06. The lowest BCUT2D eigenvalue weighted by Crippen LogP contribution is -2.25. The lowest BCUT2D eigenvalue weighted by atomic mass is 10.0. The van der Waals surface area contributed by atoms with E-state index in [-0.39, 0.29) is 17.5 Å². The van der Waals surface area contributed by atoms with E-state index < -0.39 is 35.5 Å². The highest BCUT2D eigenvalue weighted by atomic mass is 32.2. The standard InChI is InChI=1S/C18H14F3NO2S/c1-9-16(23)5-11-4-10(2-3-17(11)25-9)18(24)22-8-13-14(20)6-12(19)7-15(13)21/h2-4,6-7,9H,5,8H2,1H3,(H,22,24). The number of thioether (sulfide) groups is 1. The topological polar surface area (TPSA) is 46.2 Å². The molecule has 25 heavy (non-hydrogen) atoms. The van der Waals surface area contributed by atoms with E-state index in [1.165, 1.54) is 11.8 Å². The fourth-order valence-electron chi connectivity index (χ4n) is 2.57. The fraction of sp³-hybridized carbons (Fsp3) is 0.222. The molecule has 130 valence electrons. The highest BCUT2D eigenvalue weighted by Crippen LogP contribution is 2.33. The highest BCUT2D eigenvalue weighted by Gasteiger charge is 2.24. The summed E-state index contributed by atoms with van der Waals surface area (Å²) in [6.07, 6.45) is 0.256. The van der Waals surface area contributed by atoms with Crippen LogP contribution in [0.3, 0.4) is 0 Å². The first kappa shape index (κ1) is 17.5. The molecule has 0 aliphatic carbocycles. The Labute approximate surface area is 146 Å². The molecular weight excluding hydrogens is 351 g/mol. The number of halogens is 3. The first-order valence-electron chi connectivity index (χ1n) is 7.59. The molecule has 2 aromatic carbocycles. The average molecular weight is 365 g/mol. The van der Waals surface area contributed by atoms with E-state index in [0.29, 0.717) is 17.7 Å². The van der Waals surface area contributed by atoms with E-state index in [9.17, 15) is 22.8 Å². The maximum atomic E-state index is 13.6. The summed E-state index contributed by atoms with van der Waals surface area (Å²) in [4.78, 5) is 25.0. The third kappa shape index (κ3) is 3.71. The van der Waals surface area contributed by atoms with Gasteiger partial charge in [-0.25, -0.2) is 13.2 Å². The quantitative estimate of drug-likeness (QED) is 0.903. The number of hydrogen-bond acceptors (Lipinski definition) is 3. The maximum absolute atomic E-state index is 13.6. The Hall–Kier alpha value is -2.28. The summed E-state index contributed by atoms with van der Waals surface area (Å²) >= 11 is 1.44. The van der Waals surface area contributed by atoms with Gasteiger partial charge in [-0.05, 0) is 30.7 Å². The summed E-state index contributed by atoms with van der Waals surface area (Å²) < 4.78 is 40.1. The second kappa shape index (κ2) is 6.92. The molecule has 2 aromatic rings. The van der Waals surface area contributed by atoms with Crippen LogP contribution in [-0.2, 0) is 17.8 Å². The largest absolute Gasteiger partial charge is 0.348 e. The zero-order valence-corrected chi connectivity index (χ0v) is 14.1. The number of amides is 1. The van der Waals surface area contributed by atoms with Gasteiger partial charge in [0.05, 0.1) is 5.25 Å². The molecule has 0 bridgehead atoms. The number of carbonyl (C=O) groups is 2. The SMILES string of the molecule is CC1Sc2ccc(C(=O)NCc3c(F)cc(F)cc3F)cc2CC1=O. The number of carbonyl (C=O) groups excluding carboxylic acids is 2. The van der Waals surface area contributed by atoms with E-state index in [1.807, 2.05) is 6.92 Å². The van der Waals surface area contributed by atoms with Crippen LogP contribution in [0.25, 0.3) is 0 Å². The average Bonchev–Trinajstić information content (AvgIpc) is 2.54. The fourth-order valence-corrected chi connectivity index (χ4v) is 3.60. The van der Waals surface area contributed by atoms with Gasteiger partial charge in [0.2, 0.25) is 0 Å². The molecule has 1 aliphatic heterocycles. The van der Waals surface area contributed by atoms with Crippen LogP contribution in [0.2, 0.25) is 0 Å². The molecule has 1 aliphatic rings. The van der Waals surface area contributed by atoms with Crippen molar-refractivity contribution in [3.63, 3.8) is 0 Å². The molecule has 0 saturated heterocycles. The Morgan fingerprint density at radius 1 is 1.20 bits per heavy atom. The van der Waals surface area contributed by atoms with Crippen molar-refractivity contribution in [3.05, 3.63) is 64.5 Å². The summed E-state index contributed by atoms with van der Waals surface area (Å²) in [7, 11) is 0. The Morgan fingerprint density at radius 3 is 2.56 bits per heavy atom. The smallest absolute Gasteiger partial charge is 0.251 e. The molecule has 0 saturated carbocycles. The van der Waals surface area contributed by atoms with Crippen LogP contribution < -0.4 is 5.32 Å². The Bertz CT molecular complexity index is 846. The van der Waals surface area contributed by atoms with Crippen LogP contribution in [0.1, 0.15) is 28.4 Å². The number of benzene rings is 2. The highest BCUT2D eigenvalue weighted by molar-refractivity contribution is 8.00. The second-order valence-corrected chi connectivity index (χ2v) is 7.14. The number of hydrogen-bond donors (Lipinski definition) is 1. The van der Waals surface area contributed by atoms with Crippen molar-refractivity contribution >= 4 is 23.5 Å². The van der Waals surface area contributed by atoms with Gasteiger partial charge < -0.3 is 5.32 Å². The van der Waals surface area contributed by atoms with Crippen LogP contribution in [-0.4, -0.2) is 16.9 Å². The molecule has 0 fully saturated rings. The van der Waals surface area contributed by atoms with Crippen molar-refractivity contribution in [3.8, 4) is 0 Å². The predicted octanol–water partition coefficient (Wildman–Crippen LogP) is 3.64. The maximum Gasteiger partial charge on any atom is 0.251 e. The number of fused-ring (bicyclic) bond motifs is 1. The molecule has 3 nitrogen and oxygen atoms in total. The summed E-state index contributed by atoms with van der Waals surface area (Å²) in [6.45, 7) is 1.43. The summed E-state index contributed by atoms with van der Waals surface area (Å²) in [5.41, 5.74) is 0.650. The molecule has 7 heteroatoms. The zero-order chi connectivity index (χ0) is 18.1. The van der Waals surface area contributed by atoms with Gasteiger partial charge in [0.1, 0.15) is 23.2 Å². The predicted molar refractivity (Wildman–Crippen MR) is 88.0 cm³/mol. The lowest BCUT2D eigenvalue weighted by molar-refractivity contribution is -0.117. The monoisotopic (exact) mass is 365 g/mol. The van der Waals surface area contributed by atoms with Crippen LogP contribution in [0, 0.1) is 17.5 Å². The molecule has 1 amide bonds. The van der Waals surface area contributed by atoms with Gasteiger partial charge in [0.25, 0.3) is 5.91 Å². The van der Waals surface area contributed by atoms with E-state index in [1.54, 1.807) is 18.2 Å². The first-order valence-corrected chi connectivity index (χ1v) is 8.47. The van der Waals surface area contributed by atoms with Gasteiger partial charge in [-0.2, -0.15) is 0 Å². The zero-order valence-electron chi connectivity index (χ0n) is 13.2. The van der Waals surface area contributed by atoms with Crippen LogP contribution in [0.4, 0.5) is 13.2 Å². The summed E-state index contributed by atoms with van der Waals surface area (Å²) in [5, 5.41) is 2.30. The van der Waals surface area contributed by atoms with E-state index in [2.05, 4.69) is 5.32 Å². The van der Waals surface area contributed by atoms with E-state index >= 15 is 0 Å². The van der Waals surface area contributed by atoms with Crippen molar-refractivity contribution in [1.82, 2.24) is 5.32 Å². The van der Waals surface area contributed by atoms with Gasteiger partial charge in [0.15, 0.2) is 0 Å². The van der Waals surface area contributed by atoms with Crippen molar-refractivity contribution in [2.75, 3.05) is 0 Å². The molecule has 1 N–H and O–H groups in total. The Balaban J connectivity index is 1.75. The van der Waals surface area contributed by atoms with Gasteiger partial charge in [-0.15, -0.1) is 11.8 Å². The van der Waals surface area contributed by atoms with Crippen molar-refractivity contribution in [1.29, 1.82) is 0 Å². The number of nitrogens with one attached hydrogen (secondary N) is 1.